The lowest BCUT2D eigenvalue weighted by Crippen LogP contribution is -2.53. The van der Waals surface area contributed by atoms with Crippen molar-refractivity contribution in [1.82, 2.24) is 10.2 Å². The van der Waals surface area contributed by atoms with Crippen LogP contribution in [0.4, 0.5) is 5.69 Å². The van der Waals surface area contributed by atoms with Gasteiger partial charge in [-0.25, -0.2) is 8.42 Å². The fraction of sp³-hybridized carbons (Fsp3) is 0.333. The van der Waals surface area contributed by atoms with E-state index >= 15 is 0 Å². The summed E-state index contributed by atoms with van der Waals surface area (Å²) in [6.45, 7) is 5.45. The molecule has 0 aromatic heterocycles. The number of nitrogens with zero attached hydrogens (tertiary/aromatic N) is 2. The van der Waals surface area contributed by atoms with E-state index in [1.54, 1.807) is 37.3 Å². The smallest absolute Gasteiger partial charge is 0.244 e. The van der Waals surface area contributed by atoms with E-state index < -0.39 is 28.5 Å². The highest BCUT2D eigenvalue weighted by molar-refractivity contribution is 7.92. The minimum atomic E-state index is -3.92. The molecule has 0 saturated heterocycles. The number of rotatable bonds is 12. The number of sulfonamides is 1. The Hall–Kier alpha value is -2.78. The Kier molecular flexibility index (Phi) is 11.5. The van der Waals surface area contributed by atoms with Gasteiger partial charge in [0.05, 0.1) is 11.9 Å². The minimum Gasteiger partial charge on any atom is -0.354 e. The van der Waals surface area contributed by atoms with E-state index in [4.69, 9.17) is 34.8 Å². The van der Waals surface area contributed by atoms with Crippen molar-refractivity contribution in [3.63, 3.8) is 0 Å². The van der Waals surface area contributed by atoms with Gasteiger partial charge in [0, 0.05) is 40.1 Å². The van der Waals surface area contributed by atoms with Crippen molar-refractivity contribution < 1.29 is 18.0 Å². The van der Waals surface area contributed by atoms with E-state index in [1.807, 2.05) is 44.2 Å². The number of halogens is 3. The molecule has 0 heterocycles. The molecule has 1 atom stereocenters. The molecule has 0 saturated carbocycles. The number of carbonyl (C=O) groups is 2. The van der Waals surface area contributed by atoms with E-state index in [1.165, 1.54) is 11.0 Å². The molecule has 3 aromatic carbocycles. The van der Waals surface area contributed by atoms with Crippen molar-refractivity contribution in [2.24, 2.45) is 5.92 Å². The molecule has 3 rings (SSSR count). The summed E-state index contributed by atoms with van der Waals surface area (Å²) in [5.74, 6) is -0.808. The van der Waals surface area contributed by atoms with Gasteiger partial charge >= 0.3 is 0 Å². The van der Waals surface area contributed by atoms with Gasteiger partial charge in [-0.2, -0.15) is 0 Å². The van der Waals surface area contributed by atoms with Gasteiger partial charge in [0.1, 0.15) is 12.6 Å². The van der Waals surface area contributed by atoms with Gasteiger partial charge in [-0.05, 0) is 48.2 Å². The second-order valence-corrected chi connectivity index (χ2v) is 13.4. The van der Waals surface area contributed by atoms with Crippen LogP contribution in [0.3, 0.4) is 0 Å². The predicted molar refractivity (Wildman–Crippen MR) is 167 cm³/mol. The quantitative estimate of drug-likeness (QED) is 0.259. The van der Waals surface area contributed by atoms with Gasteiger partial charge in [-0.1, -0.05) is 91.1 Å². The molecule has 1 N–H and O–H groups in total. The normalized spacial score (nSPS) is 12.2. The molecular formula is C30H34Cl3N3O4S. The number of hydrogen-bond acceptors (Lipinski definition) is 4. The summed E-state index contributed by atoms with van der Waals surface area (Å²) in [6.07, 6.45) is 1.20. The highest BCUT2D eigenvalue weighted by atomic mass is 35.5. The summed E-state index contributed by atoms with van der Waals surface area (Å²) in [5.41, 5.74) is 2.26. The van der Waals surface area contributed by atoms with E-state index in [0.29, 0.717) is 27.2 Å². The van der Waals surface area contributed by atoms with Gasteiger partial charge in [-0.15, -0.1) is 0 Å². The second kappa shape index (κ2) is 14.4. The molecule has 11 heteroatoms. The summed E-state index contributed by atoms with van der Waals surface area (Å²) in [7, 11) is -3.92. The van der Waals surface area contributed by atoms with Crippen LogP contribution < -0.4 is 9.62 Å². The standard InChI is InChI=1S/C30H34Cl3N3O4S/c1-20(2)17-34-30(38)28(15-22-9-6-5-7-10-22)35(18-24-25(31)11-8-12-26(24)32)29(37)19-36(41(4,39)40)23-14-13-21(3)27(33)16-23/h5-14,16,20,28H,15,17-19H2,1-4H3,(H,34,38)/t28-/m1/s1. The lowest BCUT2D eigenvalue weighted by atomic mass is 10.0. The molecule has 0 spiro atoms. The fourth-order valence-corrected chi connectivity index (χ4v) is 5.71. The van der Waals surface area contributed by atoms with Crippen LogP contribution in [-0.4, -0.2) is 50.5 Å². The van der Waals surface area contributed by atoms with E-state index in [2.05, 4.69) is 5.32 Å². The van der Waals surface area contributed by atoms with Crippen molar-refractivity contribution >= 4 is 62.3 Å². The molecule has 41 heavy (non-hydrogen) atoms. The van der Waals surface area contributed by atoms with Crippen LogP contribution in [0.15, 0.2) is 66.7 Å². The van der Waals surface area contributed by atoms with Gasteiger partial charge in [0.25, 0.3) is 0 Å². The summed E-state index contributed by atoms with van der Waals surface area (Å²) in [4.78, 5) is 29.2. The van der Waals surface area contributed by atoms with Crippen molar-refractivity contribution in [1.29, 1.82) is 0 Å². The van der Waals surface area contributed by atoms with Crippen molar-refractivity contribution in [3.05, 3.63) is 98.5 Å². The largest absolute Gasteiger partial charge is 0.354 e. The van der Waals surface area contributed by atoms with E-state index in [-0.39, 0.29) is 30.5 Å². The monoisotopic (exact) mass is 637 g/mol. The van der Waals surface area contributed by atoms with E-state index in [9.17, 15) is 18.0 Å². The molecule has 0 radical (unpaired) electrons. The SMILES string of the molecule is Cc1ccc(N(CC(=O)N(Cc2c(Cl)cccc2Cl)[C@H](Cc2ccccc2)C(=O)NCC(C)C)S(C)(=O)=O)cc1Cl. The summed E-state index contributed by atoms with van der Waals surface area (Å²) < 4.78 is 26.8. The van der Waals surface area contributed by atoms with Crippen LogP contribution in [0.5, 0.6) is 0 Å². The zero-order valence-corrected chi connectivity index (χ0v) is 26.5. The summed E-state index contributed by atoms with van der Waals surface area (Å²) in [5, 5.41) is 3.94. The molecule has 3 aromatic rings. The molecule has 0 unspecified atom stereocenters. The van der Waals surface area contributed by atoms with E-state index in [0.717, 1.165) is 21.7 Å². The van der Waals surface area contributed by atoms with Crippen molar-refractivity contribution in [2.45, 2.75) is 39.8 Å². The lowest BCUT2D eigenvalue weighted by Gasteiger charge is -2.34. The first-order valence-corrected chi connectivity index (χ1v) is 16.0. The Morgan fingerprint density at radius 1 is 0.902 bits per heavy atom. The minimum absolute atomic E-state index is 0.115. The highest BCUT2D eigenvalue weighted by Gasteiger charge is 2.34. The Bertz CT molecular complexity index is 1460. The van der Waals surface area contributed by atoms with Gasteiger partial charge in [-0.3, -0.25) is 13.9 Å². The molecular weight excluding hydrogens is 605 g/mol. The van der Waals surface area contributed by atoms with Crippen LogP contribution >= 0.6 is 34.8 Å². The highest BCUT2D eigenvalue weighted by Crippen LogP contribution is 2.29. The third-order valence-corrected chi connectivity index (χ3v) is 8.72. The van der Waals surface area contributed by atoms with Gasteiger partial charge < -0.3 is 10.2 Å². The Morgan fingerprint density at radius 3 is 2.10 bits per heavy atom. The molecule has 0 aliphatic rings. The van der Waals surface area contributed by atoms with Crippen molar-refractivity contribution in [2.75, 3.05) is 23.7 Å². The Labute approximate surface area is 257 Å². The zero-order valence-electron chi connectivity index (χ0n) is 23.4. The molecule has 0 aliphatic heterocycles. The molecule has 0 aliphatic carbocycles. The number of amides is 2. The van der Waals surface area contributed by atoms with Crippen LogP contribution in [0, 0.1) is 12.8 Å². The molecule has 0 fully saturated rings. The molecule has 7 nitrogen and oxygen atoms in total. The topological polar surface area (TPSA) is 86.8 Å². The number of hydrogen-bond donors (Lipinski definition) is 1. The first-order valence-electron chi connectivity index (χ1n) is 13.1. The average molecular weight is 639 g/mol. The summed E-state index contributed by atoms with van der Waals surface area (Å²) >= 11 is 19.3. The van der Waals surface area contributed by atoms with Crippen LogP contribution in [0.1, 0.15) is 30.5 Å². The van der Waals surface area contributed by atoms with Crippen LogP contribution in [0.2, 0.25) is 15.1 Å². The van der Waals surface area contributed by atoms with Crippen molar-refractivity contribution in [3.8, 4) is 0 Å². The van der Waals surface area contributed by atoms with Gasteiger partial charge in [0.15, 0.2) is 0 Å². The second-order valence-electron chi connectivity index (χ2n) is 10.3. The molecule has 220 valence electrons. The lowest BCUT2D eigenvalue weighted by molar-refractivity contribution is -0.140. The third-order valence-electron chi connectivity index (χ3n) is 6.47. The maximum absolute atomic E-state index is 14.1. The average Bonchev–Trinajstić information content (AvgIpc) is 2.90. The number of carbonyl (C=O) groups excluding carboxylic acids is 2. The third kappa shape index (κ3) is 9.10. The number of anilines is 1. The first kappa shape index (κ1) is 32.7. The Morgan fingerprint density at radius 2 is 1.54 bits per heavy atom. The number of nitrogens with one attached hydrogen (secondary N) is 1. The maximum Gasteiger partial charge on any atom is 0.244 e. The molecule has 2 amide bonds. The molecule has 0 bridgehead atoms. The zero-order chi connectivity index (χ0) is 30.3. The fourth-order valence-electron chi connectivity index (χ4n) is 4.18. The number of benzene rings is 3. The number of aryl methyl sites for hydroxylation is 1. The first-order chi connectivity index (χ1) is 19.3. The maximum atomic E-state index is 14.1. The van der Waals surface area contributed by atoms with Crippen LogP contribution in [0.25, 0.3) is 0 Å². The predicted octanol–water partition coefficient (Wildman–Crippen LogP) is 6.13. The Balaban J connectivity index is 2.10. The van der Waals surface area contributed by atoms with Crippen LogP contribution in [-0.2, 0) is 32.6 Å². The summed E-state index contributed by atoms with van der Waals surface area (Å²) in [6, 6.07) is 18.0. The van der Waals surface area contributed by atoms with Gasteiger partial charge in [0.2, 0.25) is 21.8 Å².